The molecule has 19 heavy (non-hydrogen) atoms. The molecule has 0 spiro atoms. The van der Waals surface area contributed by atoms with Gasteiger partial charge in [-0.15, -0.1) is 0 Å². The van der Waals surface area contributed by atoms with Gasteiger partial charge in [0.25, 0.3) is 5.88 Å². The predicted octanol–water partition coefficient (Wildman–Crippen LogP) is 2.89. The third-order valence-corrected chi connectivity index (χ3v) is 2.57. The molecule has 2 heterocycles. The van der Waals surface area contributed by atoms with E-state index in [4.69, 9.17) is 9.15 Å². The lowest BCUT2D eigenvalue weighted by Crippen LogP contribution is -2.22. The second-order valence-electron chi connectivity index (χ2n) is 4.49. The number of hydrogen-bond acceptors (Lipinski definition) is 4. The van der Waals surface area contributed by atoms with Crippen molar-refractivity contribution in [2.45, 2.75) is 33.0 Å². The van der Waals surface area contributed by atoms with Gasteiger partial charge in [-0.2, -0.15) is 0 Å². The molecule has 2 rings (SSSR count). The Hall–Kier alpha value is -1.88. The van der Waals surface area contributed by atoms with E-state index in [0.29, 0.717) is 23.9 Å². The van der Waals surface area contributed by atoms with E-state index in [1.165, 1.54) is 6.20 Å². The Kier molecular flexibility index (Phi) is 4.52. The number of aromatic nitrogens is 1. The quantitative estimate of drug-likeness (QED) is 0.871. The third kappa shape index (κ3) is 3.79. The Morgan fingerprint density at radius 1 is 1.42 bits per heavy atom. The van der Waals surface area contributed by atoms with Crippen molar-refractivity contribution in [2.75, 3.05) is 0 Å². The number of nitrogens with one attached hydrogen (secondary N) is 1. The molecule has 0 radical (unpaired) electrons. The van der Waals surface area contributed by atoms with Gasteiger partial charge in [0.2, 0.25) is 0 Å². The molecule has 0 aliphatic carbocycles. The highest BCUT2D eigenvalue weighted by atomic mass is 19.1. The maximum Gasteiger partial charge on any atom is 0.251 e. The molecule has 0 aliphatic heterocycles. The number of hydrogen-bond donors (Lipinski definition) is 1. The lowest BCUT2D eigenvalue weighted by Gasteiger charge is -2.11. The van der Waals surface area contributed by atoms with Gasteiger partial charge in [0.05, 0.1) is 6.26 Å². The van der Waals surface area contributed by atoms with Gasteiger partial charge in [0.1, 0.15) is 12.4 Å². The number of rotatable bonds is 6. The molecule has 0 amide bonds. The van der Waals surface area contributed by atoms with E-state index in [2.05, 4.69) is 10.3 Å². The van der Waals surface area contributed by atoms with Crippen LogP contribution in [0.4, 0.5) is 4.39 Å². The van der Waals surface area contributed by atoms with Gasteiger partial charge in [-0.25, -0.2) is 9.37 Å². The van der Waals surface area contributed by atoms with Crippen molar-refractivity contribution < 1.29 is 13.5 Å². The first-order chi connectivity index (χ1) is 9.16. The van der Waals surface area contributed by atoms with Crippen molar-refractivity contribution >= 4 is 0 Å². The SMILES string of the molecule is CC(C)NCc1ccnc(OCc2ccco2)c1F. The fourth-order valence-electron chi connectivity index (χ4n) is 1.55. The molecule has 4 nitrogen and oxygen atoms in total. The van der Waals surface area contributed by atoms with Gasteiger partial charge in [0, 0.05) is 24.3 Å². The monoisotopic (exact) mass is 264 g/mol. The van der Waals surface area contributed by atoms with Crippen molar-refractivity contribution in [3.8, 4) is 5.88 Å². The normalized spacial score (nSPS) is 10.9. The van der Waals surface area contributed by atoms with E-state index in [9.17, 15) is 4.39 Å². The third-order valence-electron chi connectivity index (χ3n) is 2.57. The minimum Gasteiger partial charge on any atom is -0.467 e. The predicted molar refractivity (Wildman–Crippen MR) is 69.2 cm³/mol. The molecule has 0 unspecified atom stereocenters. The minimum absolute atomic E-state index is 0.000504. The van der Waals surface area contributed by atoms with E-state index >= 15 is 0 Å². The van der Waals surface area contributed by atoms with Gasteiger partial charge in [-0.1, -0.05) is 13.8 Å². The topological polar surface area (TPSA) is 47.3 Å². The van der Waals surface area contributed by atoms with Crippen LogP contribution in [0.3, 0.4) is 0 Å². The highest BCUT2D eigenvalue weighted by molar-refractivity contribution is 5.23. The summed E-state index contributed by atoms with van der Waals surface area (Å²) in [5, 5.41) is 3.16. The Balaban J connectivity index is 2.02. The highest BCUT2D eigenvalue weighted by Gasteiger charge is 2.11. The molecule has 0 saturated heterocycles. The zero-order chi connectivity index (χ0) is 13.7. The molecule has 0 atom stereocenters. The first kappa shape index (κ1) is 13.5. The molecule has 0 saturated carbocycles. The molecule has 0 aliphatic rings. The lowest BCUT2D eigenvalue weighted by atomic mass is 10.2. The molecule has 102 valence electrons. The number of pyridine rings is 1. The van der Waals surface area contributed by atoms with Crippen LogP contribution in [0.15, 0.2) is 35.1 Å². The highest BCUT2D eigenvalue weighted by Crippen LogP contribution is 2.18. The van der Waals surface area contributed by atoms with E-state index in [1.54, 1.807) is 24.5 Å². The van der Waals surface area contributed by atoms with E-state index in [1.807, 2.05) is 13.8 Å². The lowest BCUT2D eigenvalue weighted by molar-refractivity contribution is 0.247. The van der Waals surface area contributed by atoms with Crippen molar-refractivity contribution in [1.29, 1.82) is 0 Å². The minimum atomic E-state index is -0.429. The van der Waals surface area contributed by atoms with Crippen molar-refractivity contribution in [2.24, 2.45) is 0 Å². The number of furan rings is 1. The van der Waals surface area contributed by atoms with E-state index < -0.39 is 5.82 Å². The zero-order valence-electron chi connectivity index (χ0n) is 11.0. The van der Waals surface area contributed by atoms with Crippen LogP contribution < -0.4 is 10.1 Å². The van der Waals surface area contributed by atoms with Crippen molar-refractivity contribution in [3.05, 3.63) is 47.8 Å². The van der Waals surface area contributed by atoms with Crippen molar-refractivity contribution in [1.82, 2.24) is 10.3 Å². The molecule has 2 aromatic rings. The average molecular weight is 264 g/mol. The fraction of sp³-hybridized carbons (Fsp3) is 0.357. The van der Waals surface area contributed by atoms with E-state index in [0.717, 1.165) is 0 Å². The first-order valence-corrected chi connectivity index (χ1v) is 6.18. The van der Waals surface area contributed by atoms with Crippen LogP contribution in [-0.2, 0) is 13.2 Å². The van der Waals surface area contributed by atoms with Crippen LogP contribution in [0.5, 0.6) is 5.88 Å². The van der Waals surface area contributed by atoms with Gasteiger partial charge in [0.15, 0.2) is 5.82 Å². The number of halogens is 1. The van der Waals surface area contributed by atoms with Gasteiger partial charge in [-0.05, 0) is 18.2 Å². The molecular formula is C14H17FN2O2. The molecular weight excluding hydrogens is 247 g/mol. The van der Waals surface area contributed by atoms with Crippen molar-refractivity contribution in [3.63, 3.8) is 0 Å². The Bertz CT molecular complexity index is 512. The standard InChI is InChI=1S/C14H17FN2O2/c1-10(2)17-8-11-5-6-16-14(13(11)15)19-9-12-4-3-7-18-12/h3-7,10,17H,8-9H2,1-2H3. The summed E-state index contributed by atoms with van der Waals surface area (Å²) in [5.41, 5.74) is 0.540. The summed E-state index contributed by atoms with van der Waals surface area (Å²) in [6.07, 6.45) is 3.09. The van der Waals surface area contributed by atoms with Crippen LogP contribution in [0.25, 0.3) is 0 Å². The summed E-state index contributed by atoms with van der Waals surface area (Å²) < 4.78 is 24.5. The Morgan fingerprint density at radius 3 is 2.95 bits per heavy atom. The molecule has 1 N–H and O–H groups in total. The fourth-order valence-corrected chi connectivity index (χ4v) is 1.55. The summed E-state index contributed by atoms with van der Waals surface area (Å²) >= 11 is 0. The number of nitrogens with zero attached hydrogens (tertiary/aromatic N) is 1. The summed E-state index contributed by atoms with van der Waals surface area (Å²) in [6.45, 7) is 4.63. The summed E-state index contributed by atoms with van der Waals surface area (Å²) in [4.78, 5) is 3.90. The van der Waals surface area contributed by atoms with Crippen LogP contribution in [0.2, 0.25) is 0 Å². The summed E-state index contributed by atoms with van der Waals surface area (Å²) in [5.74, 6) is 0.202. The Morgan fingerprint density at radius 2 is 2.26 bits per heavy atom. The second-order valence-corrected chi connectivity index (χ2v) is 4.49. The molecule has 0 aromatic carbocycles. The molecule has 0 bridgehead atoms. The maximum absolute atomic E-state index is 14.1. The molecule has 2 aromatic heterocycles. The second kappa shape index (κ2) is 6.33. The maximum atomic E-state index is 14.1. The van der Waals surface area contributed by atoms with Crippen LogP contribution in [0.1, 0.15) is 25.2 Å². The van der Waals surface area contributed by atoms with Gasteiger partial charge in [-0.3, -0.25) is 0 Å². The van der Waals surface area contributed by atoms with Gasteiger partial charge < -0.3 is 14.5 Å². The smallest absolute Gasteiger partial charge is 0.251 e. The average Bonchev–Trinajstić information content (AvgIpc) is 2.89. The Labute approximate surface area is 111 Å². The van der Waals surface area contributed by atoms with Crippen LogP contribution in [0, 0.1) is 5.82 Å². The van der Waals surface area contributed by atoms with Crippen LogP contribution >= 0.6 is 0 Å². The van der Waals surface area contributed by atoms with Crippen LogP contribution in [-0.4, -0.2) is 11.0 Å². The molecule has 0 fully saturated rings. The summed E-state index contributed by atoms with van der Waals surface area (Å²) in [7, 11) is 0. The van der Waals surface area contributed by atoms with Gasteiger partial charge >= 0.3 is 0 Å². The number of ether oxygens (including phenoxy) is 1. The van der Waals surface area contributed by atoms with E-state index in [-0.39, 0.29) is 12.5 Å². The zero-order valence-corrected chi connectivity index (χ0v) is 11.0. The summed E-state index contributed by atoms with van der Waals surface area (Å²) in [6, 6.07) is 5.46. The molecule has 5 heteroatoms. The first-order valence-electron chi connectivity index (χ1n) is 6.18. The largest absolute Gasteiger partial charge is 0.467 e.